The molecule has 2 aromatic heterocycles. The third-order valence-electron chi connectivity index (χ3n) is 13.6. The van der Waals surface area contributed by atoms with Gasteiger partial charge in [-0.2, -0.15) is 0 Å². The third kappa shape index (κ3) is 22.0. The van der Waals surface area contributed by atoms with Crippen LogP contribution < -0.4 is 15.3 Å². The van der Waals surface area contributed by atoms with Crippen LogP contribution in [0.3, 0.4) is 0 Å². The zero-order chi connectivity index (χ0) is 45.1. The number of hydrogen-bond donors (Lipinski definition) is 0. The Labute approximate surface area is 402 Å². The van der Waals surface area contributed by atoms with Crippen LogP contribution in [-0.2, 0) is 0 Å². The van der Waals surface area contributed by atoms with E-state index in [2.05, 4.69) is 92.1 Å². The van der Waals surface area contributed by atoms with E-state index < -0.39 is 36.8 Å². The second-order valence-corrected chi connectivity index (χ2v) is 54.8. The van der Waals surface area contributed by atoms with Crippen molar-refractivity contribution in [1.29, 1.82) is 0 Å². The summed E-state index contributed by atoms with van der Waals surface area (Å²) in [5.74, 6) is 3.70. The number of rotatable bonds is 40. The molecule has 2 atom stereocenters. The molecule has 0 bridgehead atoms. The third-order valence-corrected chi connectivity index (χ3v) is 34.8. The molecule has 6 heteroatoms. The van der Waals surface area contributed by atoms with Gasteiger partial charge in [-0.25, -0.2) is 0 Å². The molecule has 358 valence electrons. The summed E-state index contributed by atoms with van der Waals surface area (Å²) in [4.78, 5) is 15.6. The van der Waals surface area contributed by atoms with E-state index in [-0.39, 0.29) is 0 Å². The summed E-state index contributed by atoms with van der Waals surface area (Å²) in [7, 11) is 0. The molecule has 0 amide bonds. The molecule has 2 heterocycles. The van der Waals surface area contributed by atoms with Gasteiger partial charge in [0.1, 0.15) is 0 Å². The Morgan fingerprint density at radius 1 is 0.371 bits per heavy atom. The maximum absolute atomic E-state index is 7.35. The van der Waals surface area contributed by atoms with E-state index in [1.807, 2.05) is 0 Å². The van der Waals surface area contributed by atoms with Gasteiger partial charge in [0.2, 0.25) is 0 Å². The minimum atomic E-state index is -2.40. The zero-order valence-electron chi connectivity index (χ0n) is 43.0. The van der Waals surface area contributed by atoms with Crippen molar-refractivity contribution < 1.29 is 9.47 Å². The summed E-state index contributed by atoms with van der Waals surface area (Å²) in [5, 5.41) is 2.75. The van der Waals surface area contributed by atoms with Gasteiger partial charge in [0.25, 0.3) is 0 Å². The van der Waals surface area contributed by atoms with Crippen LogP contribution in [0.5, 0.6) is 11.5 Å². The first-order chi connectivity index (χ1) is 29.9. The predicted octanol–water partition coefficient (Wildman–Crippen LogP) is 19.8. The molecular weight excluding hydrogens is 1010 g/mol. The molecule has 0 N–H and O–H groups in total. The summed E-state index contributed by atoms with van der Waals surface area (Å²) < 4.78 is 20.8. The van der Waals surface area contributed by atoms with Gasteiger partial charge in [0, 0.05) is 0 Å². The second kappa shape index (κ2) is 32.9. The van der Waals surface area contributed by atoms with Crippen molar-refractivity contribution in [3.05, 3.63) is 12.1 Å². The molecule has 0 aliphatic carbocycles. The Hall–Kier alpha value is 0.337. The second-order valence-electron chi connectivity index (χ2n) is 21.9. The van der Waals surface area contributed by atoms with Crippen molar-refractivity contribution in [2.75, 3.05) is 13.2 Å². The fraction of sp³-hybridized carbons (Fsp3) is 0.821. The van der Waals surface area contributed by atoms with Crippen molar-refractivity contribution in [2.45, 2.75) is 263 Å². The average Bonchev–Trinajstić information content (AvgIpc) is 3.90. The van der Waals surface area contributed by atoms with Crippen LogP contribution in [-0.4, -0.2) is 50.0 Å². The molecule has 3 aromatic rings. The van der Waals surface area contributed by atoms with Gasteiger partial charge in [-0.1, -0.05) is 105 Å². The summed E-state index contributed by atoms with van der Waals surface area (Å²) >= 11 is -0.637. The Balaban J connectivity index is 1.92. The molecule has 0 aliphatic rings. The fourth-order valence-electron chi connectivity index (χ4n) is 9.31. The van der Waals surface area contributed by atoms with Crippen LogP contribution in [0.2, 0.25) is 29.6 Å². The predicted molar refractivity (Wildman–Crippen MR) is 292 cm³/mol. The summed E-state index contributed by atoms with van der Waals surface area (Å²) in [6, 6.07) is 5.21. The van der Waals surface area contributed by atoms with Crippen molar-refractivity contribution >= 4 is 85.4 Å². The monoisotopic (exact) mass is 1110 g/mol. The van der Waals surface area contributed by atoms with Crippen molar-refractivity contribution in [3.63, 3.8) is 0 Å². The Bertz CT molecular complexity index is 1390. The molecule has 0 spiro atoms. The Morgan fingerprint density at radius 2 is 0.613 bits per heavy atom. The molecule has 0 fully saturated rings. The van der Waals surface area contributed by atoms with E-state index in [9.17, 15) is 0 Å². The molecule has 0 radical (unpaired) electrons. The van der Waals surface area contributed by atoms with Gasteiger partial charge in [0.05, 0.1) is 0 Å². The number of benzene rings is 1. The number of ether oxygens (including phenoxy) is 2. The Kier molecular flexibility index (Phi) is 30.1. The van der Waals surface area contributed by atoms with Crippen molar-refractivity contribution in [3.8, 4) is 11.5 Å². The van der Waals surface area contributed by atoms with Gasteiger partial charge >= 0.3 is 302 Å². The van der Waals surface area contributed by atoms with E-state index in [1.165, 1.54) is 237 Å². The molecule has 0 saturated carbocycles. The van der Waals surface area contributed by atoms with Gasteiger partial charge in [-0.3, -0.25) is 0 Å². The van der Waals surface area contributed by atoms with Crippen LogP contribution in [0.25, 0.3) is 20.2 Å². The van der Waals surface area contributed by atoms with E-state index in [1.54, 1.807) is 5.79 Å². The summed E-state index contributed by atoms with van der Waals surface area (Å²) in [5.41, 5.74) is 0. The van der Waals surface area contributed by atoms with Crippen LogP contribution in [0.4, 0.5) is 0 Å². The fourth-order valence-corrected chi connectivity index (χ4v) is 22.1. The molecule has 62 heavy (non-hydrogen) atoms. The van der Waals surface area contributed by atoms with Crippen LogP contribution in [0.15, 0.2) is 12.1 Å². The molecular formula is C56H102O2S2Sn2. The normalized spacial score (nSPS) is 13.5. The van der Waals surface area contributed by atoms with E-state index in [4.69, 9.17) is 9.47 Å². The van der Waals surface area contributed by atoms with Gasteiger partial charge in [-0.15, -0.1) is 0 Å². The number of fused-ring (bicyclic) bond motifs is 2. The van der Waals surface area contributed by atoms with Crippen LogP contribution in [0.1, 0.15) is 233 Å². The first-order valence-electron chi connectivity index (χ1n) is 27.2. The van der Waals surface area contributed by atoms with Crippen molar-refractivity contribution in [2.24, 2.45) is 11.8 Å². The molecule has 0 saturated heterocycles. The first-order valence-corrected chi connectivity index (χ1v) is 48.8. The van der Waals surface area contributed by atoms with Crippen LogP contribution in [0, 0.1) is 11.8 Å². The number of hydrogen-bond acceptors (Lipinski definition) is 4. The quantitative estimate of drug-likeness (QED) is 0.0417. The molecule has 3 rings (SSSR count). The van der Waals surface area contributed by atoms with Gasteiger partial charge in [-0.05, 0) is 0 Å². The number of thiophene rings is 2. The SMILES string of the molecule is CCCCCCCCCCC(CCCCCCCC)COc1c2c[c]([Sn]([CH3])([CH3])[CH3])sc2c(OCC(CCCCCCCC)CCCCCCCCCC)c2c[c]([Sn]([CH3])([CH3])[CH3])sc12. The molecule has 2 unspecified atom stereocenters. The zero-order valence-corrected chi connectivity index (χ0v) is 50.3. The number of unbranched alkanes of at least 4 members (excludes halogenated alkanes) is 24. The van der Waals surface area contributed by atoms with E-state index >= 15 is 0 Å². The van der Waals surface area contributed by atoms with Gasteiger partial charge < -0.3 is 0 Å². The topological polar surface area (TPSA) is 18.5 Å². The average molecular weight is 1110 g/mol. The molecule has 0 aliphatic heterocycles. The summed E-state index contributed by atoms with van der Waals surface area (Å²) in [6.07, 6.45) is 44.1. The maximum atomic E-state index is 7.35. The molecule has 1 aromatic carbocycles. The Morgan fingerprint density at radius 3 is 0.855 bits per heavy atom. The van der Waals surface area contributed by atoms with Crippen LogP contribution >= 0.6 is 22.7 Å². The van der Waals surface area contributed by atoms with Gasteiger partial charge in [0.15, 0.2) is 0 Å². The van der Waals surface area contributed by atoms with E-state index in [0.29, 0.717) is 11.8 Å². The first kappa shape index (κ1) is 56.7. The minimum absolute atomic E-state index is 0.641. The van der Waals surface area contributed by atoms with E-state index in [0.717, 1.165) is 13.2 Å². The van der Waals surface area contributed by atoms with Crippen molar-refractivity contribution in [1.82, 2.24) is 0 Å². The standard InChI is InChI=1S/C50H84O2S2.6CH3.2Sn/c1-5-9-13-17-21-23-27-31-35-43(33-29-25-19-15-11-7-3)41-51-47-45-37-39-54-50(45)48(46-38-40-53-49(46)47)52-42-44(34-30-26-20-16-12-8-4)36-32-28-24-22-18-14-10-6-2;;;;;;;;/h37-38,43-44H,5-36,41-42H2,1-4H3;6*1H3;;. The summed E-state index contributed by atoms with van der Waals surface area (Å²) in [6.45, 7) is 11.0. The molecule has 2 nitrogen and oxygen atoms in total.